The third kappa shape index (κ3) is 210. The normalized spacial score (nSPS) is 8.29. The van der Waals surface area contributed by atoms with Crippen molar-refractivity contribution in [1.82, 2.24) is 0 Å². The van der Waals surface area contributed by atoms with Crippen molar-refractivity contribution in [1.29, 1.82) is 0 Å². The van der Waals surface area contributed by atoms with Crippen molar-refractivity contribution in [2.75, 3.05) is 0 Å². The molecular formula is H3Co2NO3S. The van der Waals surface area contributed by atoms with E-state index in [2.05, 4.69) is 5.14 Å². The summed E-state index contributed by atoms with van der Waals surface area (Å²) in [6.45, 7) is 0. The number of hydrogen-bond acceptors (Lipinski definition) is 2. The fourth-order valence-electron chi connectivity index (χ4n) is 0. The fraction of sp³-hybridized carbons (Fsp3) is 0. The zero-order valence-electron chi connectivity index (χ0n) is 2.92. The van der Waals surface area contributed by atoms with Crippen LogP contribution in [0.4, 0.5) is 0 Å². The zero-order chi connectivity index (χ0) is 4.50. The van der Waals surface area contributed by atoms with E-state index in [4.69, 9.17) is 13.0 Å². The molecule has 0 rings (SSSR count). The molecule has 0 saturated heterocycles. The second-order valence-electron chi connectivity index (χ2n) is 0.515. The van der Waals surface area contributed by atoms with Crippen LogP contribution in [0.5, 0.6) is 0 Å². The maximum absolute atomic E-state index is 8.97. The van der Waals surface area contributed by atoms with Crippen LogP contribution in [0.3, 0.4) is 0 Å². The van der Waals surface area contributed by atoms with Crippen molar-refractivity contribution in [3.8, 4) is 0 Å². The Balaban J connectivity index is -0.0000000800. The van der Waals surface area contributed by atoms with Crippen molar-refractivity contribution in [2.24, 2.45) is 5.14 Å². The summed E-state index contributed by atoms with van der Waals surface area (Å²) >= 11 is 0. The van der Waals surface area contributed by atoms with E-state index in [0.717, 1.165) is 0 Å². The molecule has 0 saturated carbocycles. The first-order valence-electron chi connectivity index (χ1n) is 0.752. The third-order valence-corrected chi connectivity index (χ3v) is 0. The Hall–Kier alpha value is 0.883. The van der Waals surface area contributed by atoms with E-state index in [-0.39, 0.29) is 33.6 Å². The first-order valence-corrected chi connectivity index (χ1v) is 2.25. The molecule has 0 fully saturated rings. The van der Waals surface area contributed by atoms with Crippen molar-refractivity contribution in [3.05, 3.63) is 0 Å². The Labute approximate surface area is 62.1 Å². The van der Waals surface area contributed by atoms with Gasteiger partial charge in [-0.25, -0.2) is 5.14 Å². The Kier molecular flexibility index (Phi) is 11.3. The van der Waals surface area contributed by atoms with Gasteiger partial charge in [0.2, 0.25) is 0 Å². The Morgan fingerprint density at radius 1 is 1.29 bits per heavy atom. The van der Waals surface area contributed by atoms with E-state index in [1.165, 1.54) is 0 Å². The summed E-state index contributed by atoms with van der Waals surface area (Å²) in [6.07, 6.45) is 0. The van der Waals surface area contributed by atoms with Gasteiger partial charge in [0.1, 0.15) is 0 Å². The molecule has 7 heavy (non-hydrogen) atoms. The predicted molar refractivity (Wildman–Crippen MR) is 15.7 cm³/mol. The Morgan fingerprint density at radius 2 is 1.29 bits per heavy atom. The molecule has 0 aromatic rings. The molecule has 0 unspecified atom stereocenters. The van der Waals surface area contributed by atoms with Crippen LogP contribution in [0.1, 0.15) is 0 Å². The van der Waals surface area contributed by atoms with Crippen LogP contribution in [0.15, 0.2) is 0 Å². The topological polar surface area (TPSA) is 80.4 Å². The van der Waals surface area contributed by atoms with E-state index in [0.29, 0.717) is 0 Å². The summed E-state index contributed by atoms with van der Waals surface area (Å²) in [6, 6.07) is 0. The van der Waals surface area contributed by atoms with Gasteiger partial charge in [-0.1, -0.05) is 0 Å². The van der Waals surface area contributed by atoms with Gasteiger partial charge in [-0.05, 0) is 0 Å². The van der Waals surface area contributed by atoms with Crippen LogP contribution < -0.4 is 5.14 Å². The van der Waals surface area contributed by atoms with Crippen LogP contribution in [0.2, 0.25) is 0 Å². The van der Waals surface area contributed by atoms with Gasteiger partial charge in [0, 0.05) is 33.6 Å². The molecule has 0 bridgehead atoms. The molecular weight excluding hydrogens is 212 g/mol. The molecule has 0 aromatic heterocycles. The maximum Gasteiger partial charge on any atom is 0.330 e. The first kappa shape index (κ1) is 15.7. The Bertz CT molecular complexity index is 96.1. The van der Waals surface area contributed by atoms with Crippen molar-refractivity contribution in [3.63, 3.8) is 0 Å². The van der Waals surface area contributed by atoms with Gasteiger partial charge in [-0.15, -0.1) is 0 Å². The molecule has 0 atom stereocenters. The largest absolute Gasteiger partial charge is 0.330 e. The molecule has 0 heterocycles. The van der Waals surface area contributed by atoms with Crippen molar-refractivity contribution in [2.45, 2.75) is 0 Å². The smallest absolute Gasteiger partial charge is 0.274 e. The molecule has 3 N–H and O–H groups in total. The molecule has 0 aliphatic carbocycles. The van der Waals surface area contributed by atoms with E-state index >= 15 is 0 Å². The van der Waals surface area contributed by atoms with Gasteiger partial charge >= 0.3 is 10.3 Å². The number of rotatable bonds is 0. The van der Waals surface area contributed by atoms with Crippen LogP contribution in [0, 0.1) is 0 Å². The predicted octanol–water partition coefficient (Wildman–Crippen LogP) is -1.26. The Morgan fingerprint density at radius 3 is 1.29 bits per heavy atom. The van der Waals surface area contributed by atoms with E-state index < -0.39 is 10.3 Å². The summed E-state index contributed by atoms with van der Waals surface area (Å²) in [4.78, 5) is 0. The summed E-state index contributed by atoms with van der Waals surface area (Å²) < 4.78 is 25.2. The standard InChI is InChI=1S/2Co.H3NO3S/c;;1-5(2,3)4/h;;(H3,1,2,3,4). The van der Waals surface area contributed by atoms with E-state index in [1.807, 2.05) is 0 Å². The number of nitrogens with two attached hydrogens (primary N) is 1. The first-order chi connectivity index (χ1) is 2.00. The molecule has 4 nitrogen and oxygen atoms in total. The van der Waals surface area contributed by atoms with Crippen LogP contribution in [-0.2, 0) is 43.9 Å². The monoisotopic (exact) mass is 215 g/mol. The molecule has 0 aliphatic heterocycles. The molecule has 2 radical (unpaired) electrons. The minimum Gasteiger partial charge on any atom is -0.274 e. The van der Waals surface area contributed by atoms with E-state index in [1.54, 1.807) is 0 Å². The molecule has 0 aromatic carbocycles. The quantitative estimate of drug-likeness (QED) is 0.495. The van der Waals surface area contributed by atoms with Crippen LogP contribution in [0.25, 0.3) is 0 Å². The van der Waals surface area contributed by atoms with Crippen molar-refractivity contribution >= 4 is 10.3 Å². The van der Waals surface area contributed by atoms with Gasteiger partial charge in [0.15, 0.2) is 0 Å². The average molecular weight is 215 g/mol. The number of hydrogen-bond donors (Lipinski definition) is 2. The summed E-state index contributed by atoms with van der Waals surface area (Å²) in [7, 11) is -4.17. The van der Waals surface area contributed by atoms with E-state index in [9.17, 15) is 0 Å². The second kappa shape index (κ2) is 5.03. The molecule has 0 spiro atoms. The van der Waals surface area contributed by atoms with Crippen LogP contribution >= 0.6 is 0 Å². The fourth-order valence-corrected chi connectivity index (χ4v) is 0. The summed E-state index contributed by atoms with van der Waals surface area (Å²) in [5.74, 6) is 0. The third-order valence-electron chi connectivity index (χ3n) is 0. The van der Waals surface area contributed by atoms with Gasteiger partial charge in [0.25, 0.3) is 0 Å². The molecule has 50 valence electrons. The molecule has 0 aliphatic rings. The van der Waals surface area contributed by atoms with Gasteiger partial charge in [0.05, 0.1) is 0 Å². The van der Waals surface area contributed by atoms with Gasteiger partial charge < -0.3 is 0 Å². The van der Waals surface area contributed by atoms with Crippen molar-refractivity contribution < 1.29 is 46.5 Å². The average Bonchev–Trinajstić information content (AvgIpc) is 0.722. The maximum atomic E-state index is 8.97. The minimum atomic E-state index is -4.17. The SMILES string of the molecule is NS(=O)(=O)O.[Co].[Co]. The zero-order valence-corrected chi connectivity index (χ0v) is 5.81. The van der Waals surface area contributed by atoms with Crippen LogP contribution in [-0.4, -0.2) is 13.0 Å². The minimum absolute atomic E-state index is 0. The second-order valence-corrected chi connectivity index (χ2v) is 1.54. The van der Waals surface area contributed by atoms with Gasteiger partial charge in [-0.3, -0.25) is 4.55 Å². The molecule has 0 amide bonds. The summed E-state index contributed by atoms with van der Waals surface area (Å²) in [5.41, 5.74) is 0. The van der Waals surface area contributed by atoms with Gasteiger partial charge in [-0.2, -0.15) is 8.42 Å². The summed E-state index contributed by atoms with van der Waals surface area (Å²) in [5, 5.41) is 3.88. The molecule has 7 heteroatoms.